The zero-order valence-corrected chi connectivity index (χ0v) is 17.5. The molecule has 0 aliphatic carbocycles. The number of rotatable bonds is 8. The molecule has 0 heterocycles. The van der Waals surface area contributed by atoms with E-state index < -0.39 is 12.1 Å². The molecule has 0 aliphatic heterocycles. The quantitative estimate of drug-likeness (QED) is 0.540. The minimum Gasteiger partial charge on any atom is -0.508 e. The molecule has 0 unspecified atom stereocenters. The Morgan fingerprint density at radius 1 is 0.903 bits per heavy atom. The molecule has 0 aliphatic rings. The third-order valence-corrected chi connectivity index (χ3v) is 4.85. The molecule has 3 rings (SSSR count). The van der Waals surface area contributed by atoms with Gasteiger partial charge in [-0.25, -0.2) is 4.79 Å². The van der Waals surface area contributed by atoms with Crippen LogP contribution in [0, 0.1) is 0 Å². The SMILES string of the molecule is COc1ccc(CCNC(=O)[C@@H](C)OC(=O)c2ccc(-c3ccc(O)cc3)cc2)cc1. The second-order valence-corrected chi connectivity index (χ2v) is 7.06. The lowest BCUT2D eigenvalue weighted by molar-refractivity contribution is -0.129. The van der Waals surface area contributed by atoms with Gasteiger partial charge in [0.15, 0.2) is 6.10 Å². The molecular weight excluding hydrogens is 394 g/mol. The maximum atomic E-state index is 12.4. The van der Waals surface area contributed by atoms with Gasteiger partial charge in [-0.2, -0.15) is 0 Å². The number of ether oxygens (including phenoxy) is 2. The first-order valence-electron chi connectivity index (χ1n) is 9.97. The lowest BCUT2D eigenvalue weighted by Gasteiger charge is -2.14. The van der Waals surface area contributed by atoms with Gasteiger partial charge in [0.2, 0.25) is 0 Å². The number of phenols is 1. The van der Waals surface area contributed by atoms with Gasteiger partial charge in [0.25, 0.3) is 5.91 Å². The fourth-order valence-corrected chi connectivity index (χ4v) is 3.00. The zero-order valence-electron chi connectivity index (χ0n) is 17.5. The fourth-order valence-electron chi connectivity index (χ4n) is 3.00. The Balaban J connectivity index is 1.48. The predicted molar refractivity (Wildman–Crippen MR) is 118 cm³/mol. The van der Waals surface area contributed by atoms with Crippen molar-refractivity contribution in [3.8, 4) is 22.6 Å². The standard InChI is InChI=1S/C25H25NO5/c1-17(24(28)26-16-15-18-3-13-23(30-2)14-4-18)31-25(29)21-7-5-19(6-8-21)20-9-11-22(27)12-10-20/h3-14,17,27H,15-16H2,1-2H3,(H,26,28)/t17-/m1/s1. The van der Waals surface area contributed by atoms with Gasteiger partial charge in [-0.1, -0.05) is 36.4 Å². The van der Waals surface area contributed by atoms with Crippen LogP contribution in [0.15, 0.2) is 72.8 Å². The number of carbonyl (C=O) groups is 2. The molecule has 0 fully saturated rings. The Hall–Kier alpha value is -3.80. The van der Waals surface area contributed by atoms with Crippen LogP contribution < -0.4 is 10.1 Å². The third kappa shape index (κ3) is 6.09. The van der Waals surface area contributed by atoms with Crippen LogP contribution >= 0.6 is 0 Å². The molecule has 6 heteroatoms. The van der Waals surface area contributed by atoms with Crippen LogP contribution in [0.5, 0.6) is 11.5 Å². The van der Waals surface area contributed by atoms with Crippen LogP contribution in [0.3, 0.4) is 0 Å². The van der Waals surface area contributed by atoms with Crippen molar-refractivity contribution in [3.05, 3.63) is 83.9 Å². The van der Waals surface area contributed by atoms with Gasteiger partial charge in [0.1, 0.15) is 11.5 Å². The van der Waals surface area contributed by atoms with Gasteiger partial charge in [-0.15, -0.1) is 0 Å². The maximum Gasteiger partial charge on any atom is 0.338 e. The van der Waals surface area contributed by atoms with E-state index in [-0.39, 0.29) is 11.7 Å². The Kier molecular flexibility index (Phi) is 7.27. The molecular formula is C25H25NO5. The summed E-state index contributed by atoms with van der Waals surface area (Å²) in [6, 6.07) is 21.3. The molecule has 3 aromatic carbocycles. The second-order valence-electron chi connectivity index (χ2n) is 7.06. The van der Waals surface area contributed by atoms with E-state index in [0.29, 0.717) is 18.5 Å². The molecule has 0 aromatic heterocycles. The van der Waals surface area contributed by atoms with E-state index in [9.17, 15) is 14.7 Å². The highest BCUT2D eigenvalue weighted by molar-refractivity contribution is 5.92. The second kappa shape index (κ2) is 10.3. The van der Waals surface area contributed by atoms with Crippen molar-refractivity contribution < 1.29 is 24.2 Å². The van der Waals surface area contributed by atoms with E-state index in [4.69, 9.17) is 9.47 Å². The van der Waals surface area contributed by atoms with Crippen molar-refractivity contribution in [3.63, 3.8) is 0 Å². The van der Waals surface area contributed by atoms with Crippen molar-refractivity contribution in [2.45, 2.75) is 19.4 Å². The van der Waals surface area contributed by atoms with Gasteiger partial charge in [-0.3, -0.25) is 4.79 Å². The van der Waals surface area contributed by atoms with Crippen molar-refractivity contribution >= 4 is 11.9 Å². The molecule has 3 aromatic rings. The Bertz CT molecular complexity index is 1010. The van der Waals surface area contributed by atoms with E-state index in [0.717, 1.165) is 22.4 Å². The van der Waals surface area contributed by atoms with Crippen LogP contribution in [0.2, 0.25) is 0 Å². The molecule has 1 atom stereocenters. The van der Waals surface area contributed by atoms with Gasteiger partial charge in [0.05, 0.1) is 12.7 Å². The molecule has 0 saturated carbocycles. The number of nitrogens with one attached hydrogen (secondary N) is 1. The third-order valence-electron chi connectivity index (χ3n) is 4.85. The highest BCUT2D eigenvalue weighted by Gasteiger charge is 2.18. The van der Waals surface area contributed by atoms with Gasteiger partial charge in [0, 0.05) is 6.54 Å². The molecule has 6 nitrogen and oxygen atoms in total. The Labute approximate surface area is 181 Å². The topological polar surface area (TPSA) is 84.9 Å². The number of benzene rings is 3. The largest absolute Gasteiger partial charge is 0.508 e. The first kappa shape index (κ1) is 21.9. The monoisotopic (exact) mass is 419 g/mol. The maximum absolute atomic E-state index is 12.4. The van der Waals surface area contributed by atoms with E-state index in [1.165, 1.54) is 0 Å². The van der Waals surface area contributed by atoms with E-state index in [2.05, 4.69) is 5.32 Å². The van der Waals surface area contributed by atoms with Crippen LogP contribution in [-0.4, -0.2) is 36.7 Å². The van der Waals surface area contributed by atoms with Gasteiger partial charge in [-0.05, 0) is 66.4 Å². The van der Waals surface area contributed by atoms with Crippen LogP contribution in [0.1, 0.15) is 22.8 Å². The van der Waals surface area contributed by atoms with Gasteiger partial charge >= 0.3 is 5.97 Å². The molecule has 160 valence electrons. The molecule has 0 spiro atoms. The number of hydrogen-bond acceptors (Lipinski definition) is 5. The smallest absolute Gasteiger partial charge is 0.338 e. The van der Waals surface area contributed by atoms with Crippen molar-refractivity contribution in [1.82, 2.24) is 5.32 Å². The van der Waals surface area contributed by atoms with Crippen molar-refractivity contribution in [2.24, 2.45) is 0 Å². The summed E-state index contributed by atoms with van der Waals surface area (Å²) in [7, 11) is 1.61. The predicted octanol–water partition coefficient (Wildman–Crippen LogP) is 3.97. The summed E-state index contributed by atoms with van der Waals surface area (Å²) in [5, 5.41) is 12.2. The fraction of sp³-hybridized carbons (Fsp3) is 0.200. The summed E-state index contributed by atoms with van der Waals surface area (Å²) in [6.07, 6.45) is -0.241. The number of methoxy groups -OCH3 is 1. The molecule has 0 bridgehead atoms. The average molecular weight is 419 g/mol. The summed E-state index contributed by atoms with van der Waals surface area (Å²) < 4.78 is 10.4. The number of aromatic hydroxyl groups is 1. The van der Waals surface area contributed by atoms with Crippen molar-refractivity contribution in [1.29, 1.82) is 0 Å². The highest BCUT2D eigenvalue weighted by Crippen LogP contribution is 2.22. The zero-order chi connectivity index (χ0) is 22.2. The normalized spacial score (nSPS) is 11.4. The number of amides is 1. The number of hydrogen-bond donors (Lipinski definition) is 2. The number of carbonyl (C=O) groups excluding carboxylic acids is 2. The van der Waals surface area contributed by atoms with Crippen LogP contribution in [0.25, 0.3) is 11.1 Å². The molecule has 0 radical (unpaired) electrons. The average Bonchev–Trinajstić information content (AvgIpc) is 2.80. The molecule has 31 heavy (non-hydrogen) atoms. The Morgan fingerprint density at radius 3 is 2.06 bits per heavy atom. The summed E-state index contributed by atoms with van der Waals surface area (Å²) >= 11 is 0. The van der Waals surface area contributed by atoms with E-state index >= 15 is 0 Å². The van der Waals surface area contributed by atoms with E-state index in [1.54, 1.807) is 62.6 Å². The lowest BCUT2D eigenvalue weighted by Crippen LogP contribution is -2.36. The van der Waals surface area contributed by atoms with E-state index in [1.807, 2.05) is 24.3 Å². The number of phenolic OH excluding ortho intramolecular Hbond substituents is 1. The minimum absolute atomic E-state index is 0.195. The molecule has 0 saturated heterocycles. The van der Waals surface area contributed by atoms with Gasteiger partial charge < -0.3 is 19.9 Å². The summed E-state index contributed by atoms with van der Waals surface area (Å²) in [4.78, 5) is 24.6. The van der Waals surface area contributed by atoms with Crippen molar-refractivity contribution in [2.75, 3.05) is 13.7 Å². The first-order valence-corrected chi connectivity index (χ1v) is 9.97. The minimum atomic E-state index is -0.903. The lowest BCUT2D eigenvalue weighted by atomic mass is 10.0. The first-order chi connectivity index (χ1) is 15.0. The summed E-state index contributed by atoms with van der Waals surface area (Å²) in [6.45, 7) is 1.99. The number of esters is 1. The van der Waals surface area contributed by atoms with Crippen LogP contribution in [0.4, 0.5) is 0 Å². The molecule has 2 N–H and O–H groups in total. The van der Waals surface area contributed by atoms with Crippen LogP contribution in [-0.2, 0) is 16.0 Å². The highest BCUT2D eigenvalue weighted by atomic mass is 16.5. The Morgan fingerprint density at radius 2 is 1.48 bits per heavy atom. The summed E-state index contributed by atoms with van der Waals surface area (Å²) in [5.74, 6) is 0.0715. The molecule has 1 amide bonds. The summed E-state index contributed by atoms with van der Waals surface area (Å²) in [5.41, 5.74) is 3.25.